The second-order valence-corrected chi connectivity index (χ2v) is 6.58. The molecule has 0 radical (unpaired) electrons. The first kappa shape index (κ1) is 17.6. The quantitative estimate of drug-likeness (QED) is 0.510. The molecule has 0 saturated heterocycles. The van der Waals surface area contributed by atoms with Gasteiger partial charge in [-0.05, 0) is 43.4 Å². The lowest BCUT2D eigenvalue weighted by molar-refractivity contribution is 0.407. The molecule has 1 aromatic carbocycles. The van der Waals surface area contributed by atoms with Crippen LogP contribution in [-0.4, -0.2) is 7.11 Å². The van der Waals surface area contributed by atoms with Gasteiger partial charge in [-0.15, -0.1) is 0 Å². The minimum atomic E-state index is -0.197. The van der Waals surface area contributed by atoms with Gasteiger partial charge < -0.3 is 9.15 Å². The number of hydrogen-bond acceptors (Lipinski definition) is 3. The molecule has 3 nitrogen and oxygen atoms in total. The van der Waals surface area contributed by atoms with Crippen molar-refractivity contribution in [2.24, 2.45) is 0 Å². The van der Waals surface area contributed by atoms with Crippen LogP contribution in [-0.2, 0) is 6.42 Å². The van der Waals surface area contributed by atoms with E-state index in [0.717, 1.165) is 47.1 Å². The summed E-state index contributed by atoms with van der Waals surface area (Å²) in [5, 5.41) is 1.02. The highest BCUT2D eigenvalue weighted by Crippen LogP contribution is 2.36. The molecule has 2 rings (SSSR count). The van der Waals surface area contributed by atoms with Crippen LogP contribution in [0.15, 0.2) is 21.3 Å². The molecule has 0 N–H and O–H groups in total. The largest absolute Gasteiger partial charge is 0.496 e. The van der Waals surface area contributed by atoms with Crippen molar-refractivity contribution in [3.05, 3.63) is 39.2 Å². The standard InChI is InChI=1S/C20H28O3/c1-6-7-8-9-10-15-12-16-18(13(2)3)17(22-5)11-14(4)19(16)23-20(15)21/h11-13H,6-10H2,1-5H3. The van der Waals surface area contributed by atoms with E-state index in [1.54, 1.807) is 7.11 Å². The summed E-state index contributed by atoms with van der Waals surface area (Å²) in [7, 11) is 1.69. The molecular formula is C20H28O3. The van der Waals surface area contributed by atoms with E-state index in [1.165, 1.54) is 12.8 Å². The van der Waals surface area contributed by atoms with E-state index in [1.807, 2.05) is 19.1 Å². The number of fused-ring (bicyclic) bond motifs is 1. The summed E-state index contributed by atoms with van der Waals surface area (Å²) in [6.07, 6.45) is 5.38. The van der Waals surface area contributed by atoms with Gasteiger partial charge in [-0.25, -0.2) is 4.79 Å². The molecule has 0 bridgehead atoms. The zero-order valence-electron chi connectivity index (χ0n) is 15.0. The van der Waals surface area contributed by atoms with Crippen molar-refractivity contribution in [1.82, 2.24) is 0 Å². The van der Waals surface area contributed by atoms with E-state index in [-0.39, 0.29) is 5.63 Å². The predicted octanol–water partition coefficient (Wildman–Crippen LogP) is 5.36. The Morgan fingerprint density at radius 3 is 2.52 bits per heavy atom. The summed E-state index contributed by atoms with van der Waals surface area (Å²) in [5.41, 5.74) is 3.33. The number of methoxy groups -OCH3 is 1. The molecule has 1 aromatic heterocycles. The van der Waals surface area contributed by atoms with Crippen molar-refractivity contribution in [3.63, 3.8) is 0 Å². The van der Waals surface area contributed by atoms with Gasteiger partial charge in [-0.1, -0.05) is 40.0 Å². The highest BCUT2D eigenvalue weighted by Gasteiger charge is 2.17. The molecule has 2 aromatic rings. The van der Waals surface area contributed by atoms with Crippen LogP contribution in [0.5, 0.6) is 5.75 Å². The molecule has 23 heavy (non-hydrogen) atoms. The number of ether oxygens (including phenoxy) is 1. The molecule has 0 fully saturated rings. The van der Waals surface area contributed by atoms with Crippen molar-refractivity contribution in [3.8, 4) is 5.75 Å². The van der Waals surface area contributed by atoms with E-state index in [4.69, 9.17) is 9.15 Å². The Balaban J connectivity index is 2.54. The molecule has 1 heterocycles. The first-order valence-electron chi connectivity index (χ1n) is 8.63. The van der Waals surface area contributed by atoms with Gasteiger partial charge in [-0.3, -0.25) is 0 Å². The fourth-order valence-electron chi connectivity index (χ4n) is 3.16. The first-order chi connectivity index (χ1) is 11.0. The van der Waals surface area contributed by atoms with E-state index < -0.39 is 0 Å². The molecule has 0 unspecified atom stereocenters. The van der Waals surface area contributed by atoms with Crippen LogP contribution in [0.3, 0.4) is 0 Å². The molecule has 126 valence electrons. The van der Waals surface area contributed by atoms with Gasteiger partial charge in [0.1, 0.15) is 11.3 Å². The summed E-state index contributed by atoms with van der Waals surface area (Å²) < 4.78 is 11.2. The monoisotopic (exact) mass is 316 g/mol. The lowest BCUT2D eigenvalue weighted by Gasteiger charge is -2.16. The van der Waals surface area contributed by atoms with E-state index >= 15 is 0 Å². The summed E-state index contributed by atoms with van der Waals surface area (Å²) in [6.45, 7) is 8.42. The third-order valence-corrected chi connectivity index (χ3v) is 4.38. The third kappa shape index (κ3) is 3.77. The van der Waals surface area contributed by atoms with E-state index in [0.29, 0.717) is 11.5 Å². The first-order valence-corrected chi connectivity index (χ1v) is 8.63. The molecule has 0 aliphatic rings. The van der Waals surface area contributed by atoms with Crippen molar-refractivity contribution in [2.75, 3.05) is 7.11 Å². The average Bonchev–Trinajstić information content (AvgIpc) is 2.51. The maximum Gasteiger partial charge on any atom is 0.339 e. The van der Waals surface area contributed by atoms with Gasteiger partial charge in [0.2, 0.25) is 0 Å². The lowest BCUT2D eigenvalue weighted by atomic mass is 9.94. The van der Waals surface area contributed by atoms with Gasteiger partial charge in [0.15, 0.2) is 0 Å². The average molecular weight is 316 g/mol. The molecule has 0 aliphatic carbocycles. The summed E-state index contributed by atoms with van der Waals surface area (Å²) in [6, 6.07) is 3.99. The zero-order valence-corrected chi connectivity index (χ0v) is 15.0. The van der Waals surface area contributed by atoms with Gasteiger partial charge in [0.25, 0.3) is 0 Å². The summed E-state index contributed by atoms with van der Waals surface area (Å²) in [5.74, 6) is 1.17. The maximum absolute atomic E-state index is 12.3. The van der Waals surface area contributed by atoms with E-state index in [2.05, 4.69) is 20.8 Å². The van der Waals surface area contributed by atoms with Crippen LogP contribution in [0, 0.1) is 6.92 Å². The van der Waals surface area contributed by atoms with Crippen molar-refractivity contribution < 1.29 is 9.15 Å². The van der Waals surface area contributed by atoms with Crippen LogP contribution in [0.4, 0.5) is 0 Å². The zero-order chi connectivity index (χ0) is 17.0. The minimum Gasteiger partial charge on any atom is -0.496 e. The summed E-state index contributed by atoms with van der Waals surface area (Å²) in [4.78, 5) is 12.3. The normalized spacial score (nSPS) is 11.4. The Hall–Kier alpha value is -1.77. The highest BCUT2D eigenvalue weighted by molar-refractivity contribution is 5.86. The Morgan fingerprint density at radius 2 is 1.91 bits per heavy atom. The molecule has 0 aliphatic heterocycles. The van der Waals surface area contributed by atoms with Crippen LogP contribution in [0.25, 0.3) is 11.0 Å². The number of hydrogen-bond donors (Lipinski definition) is 0. The van der Waals surface area contributed by atoms with Gasteiger partial charge in [-0.2, -0.15) is 0 Å². The number of rotatable bonds is 7. The Labute approximate surface area is 138 Å². The lowest BCUT2D eigenvalue weighted by Crippen LogP contribution is -2.09. The van der Waals surface area contributed by atoms with Crippen molar-refractivity contribution >= 4 is 11.0 Å². The van der Waals surface area contributed by atoms with Crippen LogP contribution < -0.4 is 10.4 Å². The summed E-state index contributed by atoms with van der Waals surface area (Å²) >= 11 is 0. The fourth-order valence-corrected chi connectivity index (χ4v) is 3.16. The smallest absolute Gasteiger partial charge is 0.339 e. The van der Waals surface area contributed by atoms with Crippen molar-refractivity contribution in [2.45, 2.75) is 65.7 Å². The van der Waals surface area contributed by atoms with Crippen LogP contribution in [0.2, 0.25) is 0 Å². The second kappa shape index (κ2) is 7.67. The topological polar surface area (TPSA) is 39.4 Å². The molecule has 0 spiro atoms. The van der Waals surface area contributed by atoms with Crippen LogP contribution in [0.1, 0.15) is 69.1 Å². The Kier molecular flexibility index (Phi) is 5.86. The van der Waals surface area contributed by atoms with Gasteiger partial charge in [0.05, 0.1) is 7.11 Å². The second-order valence-electron chi connectivity index (χ2n) is 6.58. The molecule has 0 saturated carbocycles. The Morgan fingerprint density at radius 1 is 1.17 bits per heavy atom. The van der Waals surface area contributed by atoms with Crippen molar-refractivity contribution in [1.29, 1.82) is 0 Å². The fraction of sp³-hybridized carbons (Fsp3) is 0.550. The molecule has 3 heteroatoms. The highest BCUT2D eigenvalue weighted by atomic mass is 16.5. The third-order valence-electron chi connectivity index (χ3n) is 4.38. The number of unbranched alkanes of at least 4 members (excludes halogenated alkanes) is 3. The minimum absolute atomic E-state index is 0.197. The molecule has 0 atom stereocenters. The van der Waals surface area contributed by atoms with Crippen LogP contribution >= 0.6 is 0 Å². The predicted molar refractivity (Wildman–Crippen MR) is 95.7 cm³/mol. The molecular weight excluding hydrogens is 288 g/mol. The van der Waals surface area contributed by atoms with Gasteiger partial charge >= 0.3 is 5.63 Å². The maximum atomic E-state index is 12.3. The van der Waals surface area contributed by atoms with Gasteiger partial charge in [0, 0.05) is 16.5 Å². The van der Waals surface area contributed by atoms with E-state index in [9.17, 15) is 4.79 Å². The molecule has 0 amide bonds. The number of aryl methyl sites for hydroxylation is 2. The SMILES string of the molecule is CCCCCCc1cc2c(C(C)C)c(OC)cc(C)c2oc1=O. The Bertz CT molecular complexity index is 726. The number of benzene rings is 1.